The van der Waals surface area contributed by atoms with E-state index >= 15 is 0 Å². The molecule has 10 rings (SSSR count). The normalized spacial score (nSPS) is 10.8. The highest BCUT2D eigenvalue weighted by molar-refractivity contribution is 6.21. The van der Waals surface area contributed by atoms with Gasteiger partial charge in [-0.1, -0.05) is 179 Å². The van der Waals surface area contributed by atoms with Gasteiger partial charge in [0.1, 0.15) is 0 Å². The highest BCUT2D eigenvalue weighted by Gasteiger charge is 2.19. The van der Waals surface area contributed by atoms with Crippen LogP contribution in [0, 0.1) is 6.92 Å². The summed E-state index contributed by atoms with van der Waals surface area (Å²) in [5.74, 6) is 0. The fraction of sp³-hybridized carbons (Fsp3) is 0.0526. The van der Waals surface area contributed by atoms with E-state index in [-0.39, 0.29) is 0 Å². The van der Waals surface area contributed by atoms with E-state index in [0.717, 1.165) is 22.7 Å². The zero-order chi connectivity index (χ0) is 40.7. The van der Waals surface area contributed by atoms with E-state index < -0.39 is 0 Å². The van der Waals surface area contributed by atoms with Crippen molar-refractivity contribution in [1.82, 2.24) is 4.57 Å². The molecular formula is C57H48N2. The van der Waals surface area contributed by atoms with Crippen molar-refractivity contribution in [3.8, 4) is 27.9 Å². The molecule has 0 saturated heterocycles. The van der Waals surface area contributed by atoms with Crippen LogP contribution >= 0.6 is 0 Å². The van der Waals surface area contributed by atoms with Gasteiger partial charge in [0, 0.05) is 33.5 Å². The fourth-order valence-corrected chi connectivity index (χ4v) is 8.34. The van der Waals surface area contributed by atoms with Gasteiger partial charge in [-0.25, -0.2) is 0 Å². The Balaban J connectivity index is 0.000000763. The molecular weight excluding hydrogens is 713 g/mol. The summed E-state index contributed by atoms with van der Waals surface area (Å²) in [6.07, 6.45) is 3.28. The third kappa shape index (κ3) is 7.22. The average molecular weight is 761 g/mol. The summed E-state index contributed by atoms with van der Waals surface area (Å²) in [7, 11) is 0. The van der Waals surface area contributed by atoms with Gasteiger partial charge in [-0.3, -0.25) is 0 Å². The Morgan fingerprint density at radius 3 is 1.41 bits per heavy atom. The van der Waals surface area contributed by atoms with Crippen molar-refractivity contribution in [1.29, 1.82) is 0 Å². The van der Waals surface area contributed by atoms with E-state index in [1.54, 1.807) is 12.2 Å². The molecule has 0 atom stereocenters. The number of allylic oxidation sites excluding steroid dienone is 2. The molecule has 1 heterocycles. The van der Waals surface area contributed by atoms with E-state index in [9.17, 15) is 0 Å². The molecule has 0 amide bonds. The lowest BCUT2D eigenvalue weighted by atomic mass is 9.85. The van der Waals surface area contributed by atoms with Gasteiger partial charge in [0.25, 0.3) is 0 Å². The lowest BCUT2D eigenvalue weighted by Gasteiger charge is -2.25. The SMILES string of the molecule is C=CC=C.CC.Cc1ccccc1-c1c2ccccc2c(-c2ccc(-n3c4ccccc4c4cc(N(c5ccccc5)c5ccccc5)ccc43)cc2)c2ccccc12. The monoisotopic (exact) mass is 760 g/mol. The number of para-hydroxylation sites is 3. The molecule has 0 aliphatic heterocycles. The van der Waals surface area contributed by atoms with E-state index in [0.29, 0.717) is 0 Å². The molecule has 0 aliphatic carbocycles. The minimum atomic E-state index is 1.13. The van der Waals surface area contributed by atoms with Crippen LogP contribution < -0.4 is 4.90 Å². The maximum atomic E-state index is 3.36. The first-order valence-electron chi connectivity index (χ1n) is 20.4. The van der Waals surface area contributed by atoms with Gasteiger partial charge in [0.05, 0.1) is 11.0 Å². The number of hydrogen-bond donors (Lipinski definition) is 0. The van der Waals surface area contributed by atoms with Crippen LogP contribution in [0.5, 0.6) is 0 Å². The molecule has 1 aromatic heterocycles. The lowest BCUT2D eigenvalue weighted by molar-refractivity contribution is 1.18. The summed E-state index contributed by atoms with van der Waals surface area (Å²) in [6.45, 7) is 12.9. The van der Waals surface area contributed by atoms with Gasteiger partial charge in [-0.05, 0) is 117 Å². The largest absolute Gasteiger partial charge is 0.310 e. The quantitative estimate of drug-likeness (QED) is 0.116. The van der Waals surface area contributed by atoms with Crippen molar-refractivity contribution in [2.45, 2.75) is 20.8 Å². The van der Waals surface area contributed by atoms with Gasteiger partial charge in [0.15, 0.2) is 0 Å². The Morgan fingerprint density at radius 2 is 0.864 bits per heavy atom. The second-order valence-corrected chi connectivity index (χ2v) is 14.2. The van der Waals surface area contributed by atoms with Gasteiger partial charge in [-0.15, -0.1) is 0 Å². The van der Waals surface area contributed by atoms with Crippen LogP contribution in [0.1, 0.15) is 19.4 Å². The van der Waals surface area contributed by atoms with Gasteiger partial charge in [-0.2, -0.15) is 0 Å². The van der Waals surface area contributed by atoms with Crippen molar-refractivity contribution in [3.05, 3.63) is 231 Å². The summed E-state index contributed by atoms with van der Waals surface area (Å²) in [6, 6.07) is 72.6. The van der Waals surface area contributed by atoms with E-state index in [1.165, 1.54) is 71.2 Å². The molecule has 0 fully saturated rings. The van der Waals surface area contributed by atoms with Crippen LogP contribution in [0.4, 0.5) is 17.1 Å². The Morgan fingerprint density at radius 1 is 0.407 bits per heavy atom. The van der Waals surface area contributed by atoms with Gasteiger partial charge >= 0.3 is 0 Å². The number of rotatable bonds is 7. The molecule has 0 N–H and O–H groups in total. The molecule has 9 aromatic carbocycles. The number of aromatic nitrogens is 1. The van der Waals surface area contributed by atoms with Crippen molar-refractivity contribution in [3.63, 3.8) is 0 Å². The van der Waals surface area contributed by atoms with Gasteiger partial charge < -0.3 is 9.47 Å². The Labute approximate surface area is 348 Å². The van der Waals surface area contributed by atoms with E-state index in [2.05, 4.69) is 230 Å². The summed E-state index contributed by atoms with van der Waals surface area (Å²) in [5.41, 5.74) is 13.3. The number of fused-ring (bicyclic) bond motifs is 5. The van der Waals surface area contributed by atoms with Crippen molar-refractivity contribution < 1.29 is 0 Å². The van der Waals surface area contributed by atoms with Crippen molar-refractivity contribution >= 4 is 60.4 Å². The smallest absolute Gasteiger partial charge is 0.0542 e. The van der Waals surface area contributed by atoms with Crippen LogP contribution in [0.2, 0.25) is 0 Å². The number of aryl methyl sites for hydroxylation is 1. The van der Waals surface area contributed by atoms with Crippen LogP contribution in [-0.2, 0) is 0 Å². The third-order valence-electron chi connectivity index (χ3n) is 10.9. The van der Waals surface area contributed by atoms with Crippen LogP contribution in [-0.4, -0.2) is 4.57 Å². The average Bonchev–Trinajstić information content (AvgIpc) is 3.64. The lowest BCUT2D eigenvalue weighted by Crippen LogP contribution is -2.09. The molecule has 0 radical (unpaired) electrons. The minimum absolute atomic E-state index is 1.13. The molecule has 286 valence electrons. The fourth-order valence-electron chi connectivity index (χ4n) is 8.34. The molecule has 2 heteroatoms. The van der Waals surface area contributed by atoms with Crippen LogP contribution in [0.15, 0.2) is 226 Å². The molecule has 59 heavy (non-hydrogen) atoms. The second-order valence-electron chi connectivity index (χ2n) is 14.2. The molecule has 0 saturated carbocycles. The van der Waals surface area contributed by atoms with Gasteiger partial charge in [0.2, 0.25) is 0 Å². The maximum absolute atomic E-state index is 3.36. The third-order valence-corrected chi connectivity index (χ3v) is 10.9. The van der Waals surface area contributed by atoms with E-state index in [1.807, 2.05) is 13.8 Å². The van der Waals surface area contributed by atoms with Crippen LogP contribution in [0.25, 0.3) is 71.3 Å². The number of nitrogens with zero attached hydrogens (tertiary/aromatic N) is 2. The molecule has 0 bridgehead atoms. The topological polar surface area (TPSA) is 8.17 Å². The van der Waals surface area contributed by atoms with E-state index in [4.69, 9.17) is 0 Å². The number of anilines is 3. The first-order valence-corrected chi connectivity index (χ1v) is 20.4. The highest BCUT2D eigenvalue weighted by atomic mass is 15.1. The predicted octanol–water partition coefficient (Wildman–Crippen LogP) is 16.6. The Bertz CT molecular complexity index is 2940. The molecule has 0 unspecified atom stereocenters. The first kappa shape index (κ1) is 38.5. The maximum Gasteiger partial charge on any atom is 0.0542 e. The minimum Gasteiger partial charge on any atom is -0.310 e. The summed E-state index contributed by atoms with van der Waals surface area (Å²) < 4.78 is 2.41. The highest BCUT2D eigenvalue weighted by Crippen LogP contribution is 2.45. The first-order chi connectivity index (χ1) is 29.2. The predicted molar refractivity (Wildman–Crippen MR) is 258 cm³/mol. The summed E-state index contributed by atoms with van der Waals surface area (Å²) >= 11 is 0. The molecule has 0 spiro atoms. The number of hydrogen-bond acceptors (Lipinski definition) is 1. The summed E-state index contributed by atoms with van der Waals surface area (Å²) in [4.78, 5) is 2.33. The van der Waals surface area contributed by atoms with Crippen molar-refractivity contribution in [2.75, 3.05) is 4.90 Å². The summed E-state index contributed by atoms with van der Waals surface area (Å²) in [5, 5.41) is 7.54. The standard InChI is InChI=1S/C51H36N2.C4H6.C2H6/c1-35-16-8-9-21-41(35)51-45-25-12-10-23-43(45)50(44-24-11-13-26-46(44)51)36-28-30-39(31-29-36)53-48-27-15-14-22-42(48)47-34-40(32-33-49(47)53)52(37-17-4-2-5-18-37)38-19-6-3-7-20-38;1-3-4-2;1-2/h2-34H,1H3;3-4H,1-2H2;1-2H3. The van der Waals surface area contributed by atoms with Crippen LogP contribution in [0.3, 0.4) is 0 Å². The zero-order valence-electron chi connectivity index (χ0n) is 34.0. The number of benzene rings is 9. The molecule has 10 aromatic rings. The molecule has 2 nitrogen and oxygen atoms in total. The molecule has 0 aliphatic rings. The zero-order valence-corrected chi connectivity index (χ0v) is 34.0. The van der Waals surface area contributed by atoms with Crippen molar-refractivity contribution in [2.24, 2.45) is 0 Å². The Kier molecular flexibility index (Phi) is 11.3. The second kappa shape index (κ2) is 17.4. The Hall–Kier alpha value is -7.42.